The molecule has 1 atom stereocenters. The van der Waals surface area contributed by atoms with Crippen molar-refractivity contribution in [2.24, 2.45) is 5.92 Å². The molecule has 0 aromatic heterocycles. The van der Waals surface area contributed by atoms with E-state index >= 15 is 0 Å². The van der Waals surface area contributed by atoms with Crippen LogP contribution in [0.3, 0.4) is 0 Å². The van der Waals surface area contributed by atoms with Gasteiger partial charge in [-0.3, -0.25) is 15.0 Å². The molecule has 6 nitrogen and oxygen atoms in total. The molecule has 0 saturated carbocycles. The molecule has 1 amide bonds. The van der Waals surface area contributed by atoms with Gasteiger partial charge < -0.3 is 10.4 Å². The fraction of sp³-hybridized carbons (Fsp3) is 0.273. The molecule has 0 radical (unpaired) electrons. The lowest BCUT2D eigenvalue weighted by molar-refractivity contribution is -0.121. The summed E-state index contributed by atoms with van der Waals surface area (Å²) in [5, 5.41) is 20.2. The second-order valence-corrected chi connectivity index (χ2v) is 7.10. The van der Waals surface area contributed by atoms with E-state index in [-0.39, 0.29) is 37.5 Å². The average molecular weight is 412 g/mol. The number of carbonyl (C=O) groups is 2. The Bertz CT molecular complexity index is 902. The first-order chi connectivity index (χ1) is 13.9. The molecular formula is C22H22ClN3O3. The third kappa shape index (κ3) is 7.49. The van der Waals surface area contributed by atoms with Crippen molar-refractivity contribution in [2.75, 3.05) is 6.61 Å². The van der Waals surface area contributed by atoms with E-state index in [1.807, 2.05) is 12.1 Å². The maximum absolute atomic E-state index is 12.6. The van der Waals surface area contributed by atoms with Gasteiger partial charge in [-0.05, 0) is 29.7 Å². The molecule has 3 N–H and O–H groups in total. The number of carbonyl (C=O) groups excluding carboxylic acids is 2. The predicted molar refractivity (Wildman–Crippen MR) is 112 cm³/mol. The van der Waals surface area contributed by atoms with E-state index in [1.165, 1.54) is 0 Å². The van der Waals surface area contributed by atoms with Crippen LogP contribution in [-0.2, 0) is 22.4 Å². The lowest BCUT2D eigenvalue weighted by Crippen LogP contribution is -2.37. The number of aliphatic hydroxyl groups excluding tert-OH is 1. The Balaban J connectivity index is 2.08. The van der Waals surface area contributed by atoms with Gasteiger partial charge in [-0.15, -0.1) is 0 Å². The minimum atomic E-state index is -0.506. The van der Waals surface area contributed by atoms with E-state index in [0.29, 0.717) is 17.1 Å². The Labute approximate surface area is 174 Å². The largest absolute Gasteiger partial charge is 0.396 e. The number of hydrogen-bond acceptors (Lipinski definition) is 4. The third-order valence-electron chi connectivity index (χ3n) is 4.36. The molecule has 0 aliphatic carbocycles. The minimum absolute atomic E-state index is 0.0462. The summed E-state index contributed by atoms with van der Waals surface area (Å²) >= 11 is 5.92. The van der Waals surface area contributed by atoms with Gasteiger partial charge in [-0.2, -0.15) is 0 Å². The Morgan fingerprint density at radius 1 is 1.10 bits per heavy atom. The molecule has 29 heavy (non-hydrogen) atoms. The minimum Gasteiger partial charge on any atom is -0.396 e. The first-order valence-corrected chi connectivity index (χ1v) is 9.50. The van der Waals surface area contributed by atoms with E-state index in [2.05, 4.69) is 10.2 Å². The van der Waals surface area contributed by atoms with Gasteiger partial charge in [0.2, 0.25) is 5.91 Å². The summed E-state index contributed by atoms with van der Waals surface area (Å²) < 4.78 is 0. The topological polar surface area (TPSA) is 94.6 Å². The molecule has 0 aliphatic heterocycles. The highest BCUT2D eigenvalue weighted by molar-refractivity contribution is 6.30. The van der Waals surface area contributed by atoms with Crippen LogP contribution in [0.5, 0.6) is 0 Å². The Morgan fingerprint density at radius 3 is 2.31 bits per heavy atom. The van der Waals surface area contributed by atoms with Crippen LogP contribution in [0.1, 0.15) is 24.0 Å². The van der Waals surface area contributed by atoms with Gasteiger partial charge in [-0.25, -0.2) is 4.85 Å². The van der Waals surface area contributed by atoms with E-state index in [0.717, 1.165) is 11.1 Å². The number of nitrogens with one attached hydrogen (secondary N) is 2. The lowest BCUT2D eigenvalue weighted by Gasteiger charge is -2.18. The number of Topliss-reactive ketones (excluding diaryl/α,β-unsaturated/α-hetero) is 1. The van der Waals surface area contributed by atoms with Gasteiger partial charge in [0.15, 0.2) is 5.69 Å². The van der Waals surface area contributed by atoms with Gasteiger partial charge in [-0.1, -0.05) is 48.0 Å². The maximum atomic E-state index is 12.6. The molecule has 0 unspecified atom stereocenters. The zero-order valence-electron chi connectivity index (χ0n) is 15.8. The molecule has 0 spiro atoms. The van der Waals surface area contributed by atoms with E-state index in [1.54, 1.807) is 36.4 Å². The van der Waals surface area contributed by atoms with Crippen molar-refractivity contribution in [2.45, 2.75) is 25.7 Å². The number of ketones is 1. The molecule has 2 aromatic rings. The molecule has 0 bridgehead atoms. The quantitative estimate of drug-likeness (QED) is 0.333. The Morgan fingerprint density at radius 2 is 1.72 bits per heavy atom. The van der Waals surface area contributed by atoms with Crippen molar-refractivity contribution < 1.29 is 14.7 Å². The molecule has 0 fully saturated rings. The van der Waals surface area contributed by atoms with Gasteiger partial charge in [0.05, 0.1) is 19.6 Å². The summed E-state index contributed by atoms with van der Waals surface area (Å²) in [6, 6.07) is 13.9. The van der Waals surface area contributed by atoms with Crippen molar-refractivity contribution in [3.05, 3.63) is 76.1 Å². The van der Waals surface area contributed by atoms with Crippen LogP contribution in [0.25, 0.3) is 4.85 Å². The molecule has 0 heterocycles. The molecular weight excluding hydrogens is 390 g/mol. The van der Waals surface area contributed by atoms with Gasteiger partial charge in [0.25, 0.3) is 0 Å². The highest BCUT2D eigenvalue weighted by Gasteiger charge is 2.21. The molecule has 2 aromatic carbocycles. The first kappa shape index (κ1) is 22.3. The van der Waals surface area contributed by atoms with Crippen LogP contribution < -0.4 is 5.32 Å². The van der Waals surface area contributed by atoms with Crippen molar-refractivity contribution in [1.82, 2.24) is 5.32 Å². The molecule has 150 valence electrons. The molecule has 0 saturated heterocycles. The Kier molecular flexibility index (Phi) is 8.53. The normalized spacial score (nSPS) is 11.3. The monoisotopic (exact) mass is 411 g/mol. The molecule has 7 heteroatoms. The number of amidine groups is 1. The summed E-state index contributed by atoms with van der Waals surface area (Å²) in [5.41, 5.74) is 2.20. The number of amides is 1. The number of rotatable bonds is 9. The predicted octanol–water partition coefficient (Wildman–Crippen LogP) is 3.73. The van der Waals surface area contributed by atoms with Gasteiger partial charge >= 0.3 is 0 Å². The fourth-order valence-electron chi connectivity index (χ4n) is 2.86. The smallest absolute Gasteiger partial charge is 0.227 e. The van der Waals surface area contributed by atoms with Crippen LogP contribution in [-0.4, -0.2) is 29.2 Å². The van der Waals surface area contributed by atoms with Crippen molar-refractivity contribution in [3.8, 4) is 0 Å². The highest BCUT2D eigenvalue weighted by atomic mass is 35.5. The standard InChI is InChI=1S/C22H22ClN3O3/c1-25-19-8-4-16(5-9-19)13-20(28)14-17(22(24)26-21(29)10-11-27)12-15-2-6-18(23)7-3-15/h2-9,17,27H,10-14H2,(H2,24,26,29)/t17-/m1/s1. The lowest BCUT2D eigenvalue weighted by atomic mass is 9.91. The Hall–Kier alpha value is -3.01. The fourth-order valence-corrected chi connectivity index (χ4v) is 2.99. The number of aliphatic hydroxyl groups is 1. The van der Waals surface area contributed by atoms with E-state index in [4.69, 9.17) is 28.7 Å². The maximum Gasteiger partial charge on any atom is 0.227 e. The highest BCUT2D eigenvalue weighted by Crippen LogP contribution is 2.19. The van der Waals surface area contributed by atoms with Crippen LogP contribution in [0.15, 0.2) is 48.5 Å². The summed E-state index contributed by atoms with van der Waals surface area (Å²) in [4.78, 5) is 27.7. The van der Waals surface area contributed by atoms with Crippen LogP contribution in [0.2, 0.25) is 5.02 Å². The average Bonchev–Trinajstić information content (AvgIpc) is 2.69. The third-order valence-corrected chi connectivity index (χ3v) is 4.61. The van der Waals surface area contributed by atoms with Crippen molar-refractivity contribution in [3.63, 3.8) is 0 Å². The number of nitrogens with zero attached hydrogens (tertiary/aromatic N) is 1. The van der Waals surface area contributed by atoms with Gasteiger partial charge in [0.1, 0.15) is 11.6 Å². The number of halogens is 1. The number of benzene rings is 2. The zero-order chi connectivity index (χ0) is 21.2. The summed E-state index contributed by atoms with van der Waals surface area (Å²) in [5.74, 6) is -1.08. The van der Waals surface area contributed by atoms with Crippen LogP contribution in [0, 0.1) is 17.9 Å². The molecule has 0 aliphatic rings. The zero-order valence-corrected chi connectivity index (χ0v) is 16.6. The van der Waals surface area contributed by atoms with Crippen molar-refractivity contribution >= 4 is 34.8 Å². The van der Waals surface area contributed by atoms with Crippen LogP contribution in [0.4, 0.5) is 5.69 Å². The summed E-state index contributed by atoms with van der Waals surface area (Å²) in [6.07, 6.45) is 0.577. The van der Waals surface area contributed by atoms with E-state index in [9.17, 15) is 9.59 Å². The molecule has 2 rings (SSSR count). The van der Waals surface area contributed by atoms with Crippen LogP contribution >= 0.6 is 11.6 Å². The summed E-state index contributed by atoms with van der Waals surface area (Å²) in [6.45, 7) is 6.67. The second-order valence-electron chi connectivity index (χ2n) is 6.66. The van der Waals surface area contributed by atoms with Crippen molar-refractivity contribution in [1.29, 1.82) is 5.41 Å². The summed E-state index contributed by atoms with van der Waals surface area (Å²) in [7, 11) is 0. The first-order valence-electron chi connectivity index (χ1n) is 9.13. The second kappa shape index (κ2) is 11.1. The van der Waals surface area contributed by atoms with E-state index < -0.39 is 11.8 Å². The SMILES string of the molecule is [C-]#[N+]c1ccc(CC(=O)C[C@@H](Cc2ccc(Cl)cc2)C(=N)NC(=O)CCO)cc1. The number of hydrogen-bond donors (Lipinski definition) is 3. The van der Waals surface area contributed by atoms with Gasteiger partial charge in [0, 0.05) is 23.8 Å².